The van der Waals surface area contributed by atoms with E-state index in [-0.39, 0.29) is 0 Å². The molecule has 0 atom stereocenters. The van der Waals surface area contributed by atoms with Gasteiger partial charge in [-0.25, -0.2) is 4.98 Å². The van der Waals surface area contributed by atoms with Crippen LogP contribution >= 0.6 is 11.6 Å². The van der Waals surface area contributed by atoms with Crippen LogP contribution in [0.5, 0.6) is 0 Å². The first-order valence-corrected chi connectivity index (χ1v) is 4.93. The van der Waals surface area contributed by atoms with Gasteiger partial charge in [0, 0.05) is 12.6 Å². The molecule has 14 heavy (non-hydrogen) atoms. The molecule has 0 aliphatic carbocycles. The second-order valence-corrected chi connectivity index (χ2v) is 3.69. The van der Waals surface area contributed by atoms with Gasteiger partial charge >= 0.3 is 0 Å². The lowest BCUT2D eigenvalue weighted by atomic mass is 10.3. The van der Waals surface area contributed by atoms with Crippen LogP contribution in [-0.2, 0) is 6.42 Å². The van der Waals surface area contributed by atoms with E-state index in [4.69, 9.17) is 17.3 Å². The van der Waals surface area contributed by atoms with E-state index in [2.05, 4.69) is 4.98 Å². The van der Waals surface area contributed by atoms with Crippen molar-refractivity contribution < 1.29 is 0 Å². The molecule has 0 unspecified atom stereocenters. The SMILES string of the molecule is Cc1nc(CCN)n2cc(Cl)ccc12. The number of fused-ring (bicyclic) bond motifs is 1. The van der Waals surface area contributed by atoms with Crippen molar-refractivity contribution in [2.45, 2.75) is 13.3 Å². The van der Waals surface area contributed by atoms with Crippen LogP contribution in [0.2, 0.25) is 5.02 Å². The number of imidazole rings is 1. The normalized spacial score (nSPS) is 11.1. The third-order valence-corrected chi connectivity index (χ3v) is 2.45. The van der Waals surface area contributed by atoms with E-state index in [1.165, 1.54) is 0 Å². The molecule has 0 fully saturated rings. The van der Waals surface area contributed by atoms with Crippen molar-refractivity contribution in [3.63, 3.8) is 0 Å². The Balaban J connectivity index is 2.66. The average molecular weight is 210 g/mol. The van der Waals surface area contributed by atoms with Gasteiger partial charge in [0.2, 0.25) is 0 Å². The number of aryl methyl sites for hydroxylation is 1. The fourth-order valence-electron chi connectivity index (χ4n) is 1.59. The molecule has 2 heterocycles. The van der Waals surface area contributed by atoms with E-state index >= 15 is 0 Å². The van der Waals surface area contributed by atoms with Crippen LogP contribution in [0.15, 0.2) is 18.3 Å². The molecule has 0 aromatic carbocycles. The molecule has 4 heteroatoms. The molecule has 2 N–H and O–H groups in total. The lowest BCUT2D eigenvalue weighted by Crippen LogP contribution is -2.06. The van der Waals surface area contributed by atoms with E-state index in [1.54, 1.807) is 0 Å². The Labute approximate surface area is 87.5 Å². The molecule has 3 nitrogen and oxygen atoms in total. The number of halogens is 1. The van der Waals surface area contributed by atoms with Crippen LogP contribution in [0.4, 0.5) is 0 Å². The highest BCUT2D eigenvalue weighted by molar-refractivity contribution is 6.30. The number of hydrogen-bond donors (Lipinski definition) is 1. The minimum atomic E-state index is 0.602. The van der Waals surface area contributed by atoms with E-state index in [0.29, 0.717) is 11.6 Å². The van der Waals surface area contributed by atoms with Gasteiger partial charge in [-0.1, -0.05) is 11.6 Å². The molecule has 2 rings (SSSR count). The summed E-state index contributed by atoms with van der Waals surface area (Å²) in [6.07, 6.45) is 2.65. The number of rotatable bonds is 2. The van der Waals surface area contributed by atoms with Gasteiger partial charge in [0.25, 0.3) is 0 Å². The Morgan fingerprint density at radius 3 is 3.00 bits per heavy atom. The zero-order valence-corrected chi connectivity index (χ0v) is 8.75. The van der Waals surface area contributed by atoms with Gasteiger partial charge < -0.3 is 10.1 Å². The molecule has 74 valence electrons. The maximum absolute atomic E-state index is 5.92. The standard InChI is InChI=1S/C10H12ClN3/c1-7-9-3-2-8(11)6-14(9)10(13-7)4-5-12/h2-3,6H,4-5,12H2,1H3. The van der Waals surface area contributed by atoms with Crippen molar-refractivity contribution in [1.82, 2.24) is 9.38 Å². The van der Waals surface area contributed by atoms with Gasteiger partial charge in [0.15, 0.2) is 0 Å². The summed E-state index contributed by atoms with van der Waals surface area (Å²) < 4.78 is 2.00. The summed E-state index contributed by atoms with van der Waals surface area (Å²) in [5.41, 5.74) is 7.63. The lowest BCUT2D eigenvalue weighted by Gasteiger charge is -1.99. The highest BCUT2D eigenvalue weighted by Crippen LogP contribution is 2.16. The molecule has 0 spiro atoms. The average Bonchev–Trinajstić information content (AvgIpc) is 2.44. The molecule has 0 saturated carbocycles. The van der Waals surface area contributed by atoms with E-state index in [1.807, 2.05) is 29.7 Å². The van der Waals surface area contributed by atoms with Crippen molar-refractivity contribution in [2.75, 3.05) is 6.54 Å². The molecule has 0 aliphatic rings. The second kappa shape index (κ2) is 3.59. The third-order valence-electron chi connectivity index (χ3n) is 2.23. The number of hydrogen-bond acceptors (Lipinski definition) is 2. The van der Waals surface area contributed by atoms with Crippen molar-refractivity contribution in [3.05, 3.63) is 34.9 Å². The van der Waals surface area contributed by atoms with E-state index < -0.39 is 0 Å². The predicted octanol–water partition coefficient (Wildman–Crippen LogP) is 1.80. The molecule has 0 radical (unpaired) electrons. The summed E-state index contributed by atoms with van der Waals surface area (Å²) in [6.45, 7) is 2.59. The Bertz CT molecular complexity index is 462. The van der Waals surface area contributed by atoms with E-state index in [0.717, 1.165) is 23.5 Å². The van der Waals surface area contributed by atoms with Gasteiger partial charge in [-0.3, -0.25) is 0 Å². The molecule has 0 saturated heterocycles. The second-order valence-electron chi connectivity index (χ2n) is 3.25. The highest BCUT2D eigenvalue weighted by atomic mass is 35.5. The molecular weight excluding hydrogens is 198 g/mol. The molecular formula is C10H12ClN3. The van der Waals surface area contributed by atoms with Crippen LogP contribution < -0.4 is 5.73 Å². The van der Waals surface area contributed by atoms with Gasteiger partial charge in [-0.15, -0.1) is 0 Å². The number of pyridine rings is 1. The van der Waals surface area contributed by atoms with Gasteiger partial charge in [0.05, 0.1) is 16.2 Å². The van der Waals surface area contributed by atoms with E-state index in [9.17, 15) is 0 Å². The minimum absolute atomic E-state index is 0.602. The Kier molecular flexibility index (Phi) is 2.44. The molecule has 2 aromatic heterocycles. The quantitative estimate of drug-likeness (QED) is 0.820. The predicted molar refractivity (Wildman–Crippen MR) is 57.7 cm³/mol. The Hall–Kier alpha value is -1.06. The third kappa shape index (κ3) is 1.49. The van der Waals surface area contributed by atoms with Crippen LogP contribution in [0.25, 0.3) is 5.52 Å². The topological polar surface area (TPSA) is 43.3 Å². The maximum Gasteiger partial charge on any atom is 0.114 e. The molecule has 0 aliphatic heterocycles. The van der Waals surface area contributed by atoms with Crippen molar-refractivity contribution in [3.8, 4) is 0 Å². The number of aromatic nitrogens is 2. The van der Waals surface area contributed by atoms with Crippen LogP contribution in [0.3, 0.4) is 0 Å². The largest absolute Gasteiger partial charge is 0.330 e. The molecule has 0 bridgehead atoms. The fraction of sp³-hybridized carbons (Fsp3) is 0.300. The van der Waals surface area contributed by atoms with Crippen molar-refractivity contribution in [1.29, 1.82) is 0 Å². The summed E-state index contributed by atoms with van der Waals surface area (Å²) in [4.78, 5) is 4.44. The zero-order valence-electron chi connectivity index (χ0n) is 8.00. The first-order chi connectivity index (χ1) is 6.72. The monoisotopic (exact) mass is 209 g/mol. The van der Waals surface area contributed by atoms with Gasteiger partial charge in [-0.05, 0) is 25.6 Å². The first-order valence-electron chi connectivity index (χ1n) is 4.55. The highest BCUT2D eigenvalue weighted by Gasteiger charge is 2.06. The summed E-state index contributed by atoms with van der Waals surface area (Å²) in [5, 5.41) is 0.716. The molecule has 0 amide bonds. The van der Waals surface area contributed by atoms with Crippen LogP contribution in [0.1, 0.15) is 11.5 Å². The maximum atomic E-state index is 5.92. The van der Waals surface area contributed by atoms with Gasteiger partial charge in [-0.2, -0.15) is 0 Å². The number of nitrogens with two attached hydrogens (primary N) is 1. The summed E-state index contributed by atoms with van der Waals surface area (Å²) >= 11 is 5.92. The zero-order chi connectivity index (χ0) is 10.1. The lowest BCUT2D eigenvalue weighted by molar-refractivity contribution is 0.860. The Morgan fingerprint density at radius 1 is 1.50 bits per heavy atom. The molecule has 2 aromatic rings. The summed E-state index contributed by atoms with van der Waals surface area (Å²) in [5.74, 6) is 0.975. The van der Waals surface area contributed by atoms with Gasteiger partial charge in [0.1, 0.15) is 5.82 Å². The van der Waals surface area contributed by atoms with Crippen molar-refractivity contribution >= 4 is 17.1 Å². The fourth-order valence-corrected chi connectivity index (χ4v) is 1.75. The van der Waals surface area contributed by atoms with Crippen LogP contribution in [-0.4, -0.2) is 15.9 Å². The summed E-state index contributed by atoms with van der Waals surface area (Å²) in [7, 11) is 0. The smallest absolute Gasteiger partial charge is 0.114 e. The van der Waals surface area contributed by atoms with Crippen LogP contribution in [0, 0.1) is 6.92 Å². The summed E-state index contributed by atoms with van der Waals surface area (Å²) in [6, 6.07) is 3.85. The number of nitrogens with zero attached hydrogens (tertiary/aromatic N) is 2. The first kappa shape index (κ1) is 9.49. The Morgan fingerprint density at radius 2 is 2.29 bits per heavy atom. The van der Waals surface area contributed by atoms with Crippen molar-refractivity contribution in [2.24, 2.45) is 5.73 Å². The minimum Gasteiger partial charge on any atom is -0.330 e.